The molecule has 0 bridgehead atoms. The highest BCUT2D eigenvalue weighted by molar-refractivity contribution is 9.10. The molecule has 0 aliphatic carbocycles. The Bertz CT molecular complexity index is 648. The number of carbonyl (C=O) groups is 1. The Kier molecular flexibility index (Phi) is 8.76. The van der Waals surface area contributed by atoms with Crippen molar-refractivity contribution in [1.82, 2.24) is 10.3 Å². The van der Waals surface area contributed by atoms with Crippen molar-refractivity contribution < 1.29 is 4.79 Å². The summed E-state index contributed by atoms with van der Waals surface area (Å²) in [4.78, 5) is 17.2. The minimum atomic E-state index is 0. The number of carbonyl (C=O) groups excluding carboxylic acids is 1. The molecule has 2 rings (SSSR count). The Hall–Kier alpha value is -0.950. The smallest absolute Gasteiger partial charge is 0.226 e. The monoisotopic (exact) mass is 417 g/mol. The molecular formula is C16H21BrClN3OS. The van der Waals surface area contributed by atoms with Gasteiger partial charge in [0, 0.05) is 28.4 Å². The number of rotatable bonds is 7. The first-order chi connectivity index (χ1) is 10.6. The Morgan fingerprint density at radius 1 is 1.39 bits per heavy atom. The number of nitrogens with one attached hydrogen (secondary N) is 2. The standard InChI is InChI=1S/C16H20BrN3OS.ClH/c1-11-8-12(5-6-14(11)17)9-13-10-19-16(22-13)20-15(21)4-3-7-18-2;/h5-6,8,10,18H,3-4,7,9H2,1-2H3,(H,19,20,21);1H. The molecule has 0 atom stereocenters. The van der Waals surface area contributed by atoms with Gasteiger partial charge in [0.05, 0.1) is 0 Å². The molecule has 1 heterocycles. The van der Waals surface area contributed by atoms with Crippen LogP contribution in [0.3, 0.4) is 0 Å². The maximum atomic E-state index is 11.8. The van der Waals surface area contributed by atoms with Crippen LogP contribution in [0.5, 0.6) is 0 Å². The van der Waals surface area contributed by atoms with Crippen molar-refractivity contribution in [3.8, 4) is 0 Å². The lowest BCUT2D eigenvalue weighted by Crippen LogP contribution is -2.14. The van der Waals surface area contributed by atoms with Crippen LogP contribution < -0.4 is 10.6 Å². The third-order valence-electron chi connectivity index (χ3n) is 3.23. The number of amides is 1. The number of benzene rings is 1. The SMILES string of the molecule is CNCCCC(=O)Nc1ncc(Cc2ccc(Br)c(C)c2)s1.Cl. The molecule has 4 nitrogen and oxygen atoms in total. The van der Waals surface area contributed by atoms with Crippen molar-refractivity contribution in [1.29, 1.82) is 0 Å². The largest absolute Gasteiger partial charge is 0.320 e. The zero-order valence-corrected chi connectivity index (χ0v) is 16.4. The van der Waals surface area contributed by atoms with E-state index in [1.807, 2.05) is 13.2 Å². The lowest BCUT2D eigenvalue weighted by atomic mass is 10.1. The Labute approximate surface area is 155 Å². The van der Waals surface area contributed by atoms with Crippen molar-refractivity contribution in [3.63, 3.8) is 0 Å². The summed E-state index contributed by atoms with van der Waals surface area (Å²) in [5.74, 6) is 0.0237. The Morgan fingerprint density at radius 2 is 2.17 bits per heavy atom. The highest BCUT2D eigenvalue weighted by Crippen LogP contribution is 2.23. The number of anilines is 1. The van der Waals surface area contributed by atoms with Crippen molar-refractivity contribution >= 4 is 50.7 Å². The van der Waals surface area contributed by atoms with Gasteiger partial charge in [0.2, 0.25) is 5.91 Å². The zero-order chi connectivity index (χ0) is 15.9. The molecule has 7 heteroatoms. The summed E-state index contributed by atoms with van der Waals surface area (Å²) in [5.41, 5.74) is 2.47. The van der Waals surface area contributed by atoms with Gasteiger partial charge in [-0.25, -0.2) is 4.98 Å². The first-order valence-corrected chi connectivity index (χ1v) is 8.83. The number of aromatic nitrogens is 1. The summed E-state index contributed by atoms with van der Waals surface area (Å²) in [6.45, 7) is 2.93. The van der Waals surface area contributed by atoms with Crippen LogP contribution in [0.25, 0.3) is 0 Å². The van der Waals surface area contributed by atoms with Crippen molar-refractivity contribution in [2.75, 3.05) is 18.9 Å². The van der Waals surface area contributed by atoms with E-state index in [0.717, 1.165) is 28.7 Å². The molecule has 23 heavy (non-hydrogen) atoms. The van der Waals surface area contributed by atoms with Gasteiger partial charge in [-0.05, 0) is 44.1 Å². The second-order valence-electron chi connectivity index (χ2n) is 5.15. The lowest BCUT2D eigenvalue weighted by Gasteiger charge is -2.03. The predicted octanol–water partition coefficient (Wildman–Crippen LogP) is 4.16. The second-order valence-corrected chi connectivity index (χ2v) is 7.12. The molecule has 0 radical (unpaired) electrons. The van der Waals surface area contributed by atoms with E-state index in [1.54, 1.807) is 0 Å². The molecule has 0 fully saturated rings. The molecular weight excluding hydrogens is 398 g/mol. The van der Waals surface area contributed by atoms with Crippen molar-refractivity contribution in [3.05, 3.63) is 44.9 Å². The topological polar surface area (TPSA) is 54.0 Å². The summed E-state index contributed by atoms with van der Waals surface area (Å²) in [7, 11) is 1.88. The molecule has 1 aromatic heterocycles. The zero-order valence-electron chi connectivity index (χ0n) is 13.2. The third-order valence-corrected chi connectivity index (χ3v) is 5.03. The quantitative estimate of drug-likeness (QED) is 0.664. The predicted molar refractivity (Wildman–Crippen MR) is 103 cm³/mol. The van der Waals surface area contributed by atoms with E-state index in [9.17, 15) is 4.79 Å². The number of halogens is 2. The van der Waals surface area contributed by atoms with E-state index in [2.05, 4.69) is 56.7 Å². The first kappa shape index (κ1) is 20.1. The fraction of sp³-hybridized carbons (Fsp3) is 0.375. The molecule has 1 amide bonds. The van der Waals surface area contributed by atoms with Gasteiger partial charge in [-0.15, -0.1) is 23.7 Å². The van der Waals surface area contributed by atoms with Gasteiger partial charge >= 0.3 is 0 Å². The molecule has 0 saturated heterocycles. The van der Waals surface area contributed by atoms with Gasteiger partial charge in [-0.2, -0.15) is 0 Å². The van der Waals surface area contributed by atoms with Gasteiger partial charge in [-0.1, -0.05) is 28.1 Å². The van der Waals surface area contributed by atoms with Crippen LogP contribution in [0.1, 0.15) is 28.8 Å². The summed E-state index contributed by atoms with van der Waals surface area (Å²) >= 11 is 5.05. The molecule has 2 N–H and O–H groups in total. The average molecular weight is 419 g/mol. The number of aryl methyl sites for hydroxylation is 1. The van der Waals surface area contributed by atoms with Crippen molar-refractivity contribution in [2.24, 2.45) is 0 Å². The molecule has 0 spiro atoms. The Balaban J connectivity index is 0.00000264. The van der Waals surface area contributed by atoms with Gasteiger partial charge in [0.25, 0.3) is 0 Å². The molecule has 0 saturated carbocycles. The van der Waals surface area contributed by atoms with E-state index in [-0.39, 0.29) is 18.3 Å². The van der Waals surface area contributed by atoms with E-state index in [1.165, 1.54) is 22.5 Å². The van der Waals surface area contributed by atoms with Crippen molar-refractivity contribution in [2.45, 2.75) is 26.2 Å². The van der Waals surface area contributed by atoms with Crippen LogP contribution >= 0.6 is 39.7 Å². The first-order valence-electron chi connectivity index (χ1n) is 7.22. The fourth-order valence-electron chi connectivity index (χ4n) is 2.07. The summed E-state index contributed by atoms with van der Waals surface area (Å²) in [6.07, 6.45) is 4.02. The van der Waals surface area contributed by atoms with E-state index < -0.39 is 0 Å². The normalized spacial score (nSPS) is 10.2. The number of thiazole rings is 1. The minimum Gasteiger partial charge on any atom is -0.320 e. The maximum Gasteiger partial charge on any atom is 0.226 e. The van der Waals surface area contributed by atoms with Crippen LogP contribution in [0, 0.1) is 6.92 Å². The van der Waals surface area contributed by atoms with E-state index >= 15 is 0 Å². The van der Waals surface area contributed by atoms with Gasteiger partial charge in [0.1, 0.15) is 0 Å². The second kappa shape index (κ2) is 10.0. The van der Waals surface area contributed by atoms with Crippen LogP contribution in [0.4, 0.5) is 5.13 Å². The maximum absolute atomic E-state index is 11.8. The highest BCUT2D eigenvalue weighted by atomic mass is 79.9. The number of hydrogen-bond acceptors (Lipinski definition) is 4. The molecule has 0 unspecified atom stereocenters. The Morgan fingerprint density at radius 3 is 2.87 bits per heavy atom. The average Bonchev–Trinajstić information content (AvgIpc) is 2.90. The molecule has 1 aromatic carbocycles. The van der Waals surface area contributed by atoms with Crippen LogP contribution in [-0.4, -0.2) is 24.5 Å². The third kappa shape index (κ3) is 6.59. The fourth-order valence-corrected chi connectivity index (χ4v) is 3.18. The molecule has 0 aliphatic rings. The van der Waals surface area contributed by atoms with Crippen LogP contribution in [-0.2, 0) is 11.2 Å². The van der Waals surface area contributed by atoms with E-state index in [0.29, 0.717) is 11.6 Å². The van der Waals surface area contributed by atoms with Gasteiger partial charge in [-0.3, -0.25) is 4.79 Å². The molecule has 0 aliphatic heterocycles. The number of hydrogen-bond donors (Lipinski definition) is 2. The number of nitrogens with zero attached hydrogens (tertiary/aromatic N) is 1. The summed E-state index contributed by atoms with van der Waals surface area (Å²) in [5, 5.41) is 6.57. The summed E-state index contributed by atoms with van der Waals surface area (Å²) < 4.78 is 1.12. The van der Waals surface area contributed by atoms with Gasteiger partial charge in [0.15, 0.2) is 5.13 Å². The van der Waals surface area contributed by atoms with Crippen LogP contribution in [0.2, 0.25) is 0 Å². The summed E-state index contributed by atoms with van der Waals surface area (Å²) in [6, 6.07) is 6.34. The van der Waals surface area contributed by atoms with E-state index in [4.69, 9.17) is 0 Å². The van der Waals surface area contributed by atoms with Gasteiger partial charge < -0.3 is 10.6 Å². The minimum absolute atomic E-state index is 0. The lowest BCUT2D eigenvalue weighted by molar-refractivity contribution is -0.116. The van der Waals surface area contributed by atoms with Crippen LogP contribution in [0.15, 0.2) is 28.9 Å². The molecule has 2 aromatic rings. The highest BCUT2D eigenvalue weighted by Gasteiger charge is 2.07. The molecule has 126 valence electrons.